The quantitative estimate of drug-likeness (QED) is 0.709. The van der Waals surface area contributed by atoms with Crippen LogP contribution in [0.2, 0.25) is 0 Å². The van der Waals surface area contributed by atoms with Gasteiger partial charge < -0.3 is 0 Å². The van der Waals surface area contributed by atoms with Crippen molar-refractivity contribution in [2.75, 3.05) is 0 Å². The molecule has 11 heavy (non-hydrogen) atoms. The molecule has 0 aliphatic heterocycles. The van der Waals surface area contributed by atoms with Crippen LogP contribution in [0, 0.1) is 0 Å². The summed E-state index contributed by atoms with van der Waals surface area (Å²) in [4.78, 5) is 3.78. The first-order valence-corrected chi connectivity index (χ1v) is 15.3. The molecule has 6 heteroatoms. The van der Waals surface area contributed by atoms with E-state index in [0.717, 1.165) is 0 Å². The minimum absolute atomic E-state index is 1.75. The Hall–Kier alpha value is 1.19. The first-order valence-electron chi connectivity index (χ1n) is 2.61. The van der Waals surface area contributed by atoms with Gasteiger partial charge in [0, 0.05) is 12.4 Å². The maximum Gasteiger partial charge on any atom is 0.0267 e. The molecule has 0 aliphatic carbocycles. The third-order valence-corrected chi connectivity index (χ3v) is 0.566. The number of nitrogens with zero attached hydrogens (tertiary/aromatic N) is 1. The second-order valence-corrected chi connectivity index (χ2v) is 23.8. The molecule has 0 N–H and O–H groups in total. The van der Waals surface area contributed by atoms with Crippen LogP contribution < -0.4 is 0 Å². The summed E-state index contributed by atoms with van der Waals surface area (Å²) < 4.78 is 0. The van der Waals surface area contributed by atoms with Crippen LogP contribution in [0.15, 0.2) is 30.6 Å². The molecule has 1 rings (SSSR count). The van der Waals surface area contributed by atoms with Gasteiger partial charge in [0.2, 0.25) is 0 Å². The summed E-state index contributed by atoms with van der Waals surface area (Å²) in [6.45, 7) is 0. The summed E-state index contributed by atoms with van der Waals surface area (Å²) in [5.41, 5.74) is 0. The van der Waals surface area contributed by atoms with Gasteiger partial charge in [-0.25, -0.2) is 0 Å². The van der Waals surface area contributed by atoms with E-state index in [2.05, 4.69) is 4.98 Å². The monoisotopic (exact) mass is 309 g/mol. The van der Waals surface area contributed by atoms with E-state index in [1.165, 1.54) is 0 Å². The van der Waals surface area contributed by atoms with Crippen molar-refractivity contribution in [2.24, 2.45) is 0 Å². The summed E-state index contributed by atoms with van der Waals surface area (Å²) in [6.07, 6.45) is 3.50. The molecule has 0 saturated carbocycles. The molecule has 0 bridgehead atoms. The zero-order chi connectivity index (χ0) is 8.74. The van der Waals surface area contributed by atoms with Gasteiger partial charge in [-0.05, 0) is 12.1 Å². The molecule has 0 atom stereocenters. The molecule has 62 valence electrons. The summed E-state index contributed by atoms with van der Waals surface area (Å²) in [5, 5.41) is 0. The van der Waals surface area contributed by atoms with E-state index in [4.69, 9.17) is 34.1 Å². The summed E-state index contributed by atoms with van der Waals surface area (Å²) in [6, 6.07) is 5.72. The zero-order valence-electron chi connectivity index (χ0n) is 5.35. The second-order valence-electron chi connectivity index (χ2n) is 1.45. The van der Waals surface area contributed by atoms with E-state index >= 15 is 0 Å². The van der Waals surface area contributed by atoms with Crippen molar-refractivity contribution in [1.82, 2.24) is 4.98 Å². The fourth-order valence-corrected chi connectivity index (χ4v) is 0.313. The smallest absolute Gasteiger partial charge is 0.0267 e. The number of hydrogen-bond donors (Lipinski definition) is 0. The molecule has 0 unspecified atom stereocenters. The molecule has 0 spiro atoms. The predicted molar refractivity (Wildman–Crippen MR) is 47.6 cm³/mol. The maximum atomic E-state index is 5.04. The normalized spacial score (nSPS) is 9.82. The summed E-state index contributed by atoms with van der Waals surface area (Å²) >= 11 is -3.29. The van der Waals surface area contributed by atoms with E-state index in [0.29, 0.717) is 0 Å². The molecule has 0 saturated heterocycles. The Morgan fingerprint density at radius 3 is 1.27 bits per heavy atom. The zero-order valence-corrected chi connectivity index (χ0v) is 10.8. The van der Waals surface area contributed by atoms with Gasteiger partial charge in [-0.2, -0.15) is 0 Å². The first kappa shape index (κ1) is 12.2. The molecule has 0 aliphatic rings. The number of hydrogen-bond acceptors (Lipinski definition) is 1. The number of halogens is 4. The fourth-order valence-electron chi connectivity index (χ4n) is 0.313. The Morgan fingerprint density at radius 1 is 0.818 bits per heavy atom. The Labute approximate surface area is 84.2 Å². The van der Waals surface area contributed by atoms with Crippen molar-refractivity contribution in [3.8, 4) is 0 Å². The largest absolute Gasteiger partial charge is 0.265 e. The third-order valence-electron chi connectivity index (χ3n) is 0.566. The average Bonchev–Trinajstić information content (AvgIpc) is 1.88. The van der Waals surface area contributed by atoms with Gasteiger partial charge in [-0.1, -0.05) is 6.07 Å². The molecule has 0 fully saturated rings. The molecular formula is C5H5Cl4NZr. The minimum atomic E-state index is -3.29. The molecule has 1 nitrogen and oxygen atoms in total. The molecule has 0 amide bonds. The third kappa shape index (κ3) is 18.3. The summed E-state index contributed by atoms with van der Waals surface area (Å²) in [7, 11) is 20.1. The number of pyridine rings is 1. The van der Waals surface area contributed by atoms with Gasteiger partial charge in [-0.15, -0.1) is 0 Å². The van der Waals surface area contributed by atoms with E-state index in [1.807, 2.05) is 18.2 Å². The van der Waals surface area contributed by atoms with Gasteiger partial charge in [0.15, 0.2) is 0 Å². The average molecular weight is 312 g/mol. The van der Waals surface area contributed by atoms with Crippen molar-refractivity contribution in [3.63, 3.8) is 0 Å². The Kier molecular flexibility index (Phi) is 7.41. The topological polar surface area (TPSA) is 12.9 Å². The van der Waals surface area contributed by atoms with E-state index in [-0.39, 0.29) is 0 Å². The van der Waals surface area contributed by atoms with Crippen molar-refractivity contribution in [3.05, 3.63) is 30.6 Å². The SMILES string of the molecule is [Cl][Zr]([Cl])([Cl])[Cl].c1ccncc1. The Morgan fingerprint density at radius 2 is 1.18 bits per heavy atom. The molecule has 1 aromatic heterocycles. The molecular weight excluding hydrogens is 307 g/mol. The maximum absolute atomic E-state index is 5.04. The molecule has 0 aromatic carbocycles. The fraction of sp³-hybridized carbons (Fsp3) is 0. The molecule has 0 radical (unpaired) electrons. The molecule has 1 heterocycles. The minimum Gasteiger partial charge on any atom is -0.265 e. The van der Waals surface area contributed by atoms with Crippen LogP contribution in [0.3, 0.4) is 0 Å². The number of aromatic nitrogens is 1. The van der Waals surface area contributed by atoms with Crippen LogP contribution in [0.25, 0.3) is 0 Å². The standard InChI is InChI=1S/C5H5N.4ClH.Zr/c1-2-4-6-5-3-1;;;;;/h1-5H;4*1H;/q;;;;;+4/p-4. The van der Waals surface area contributed by atoms with Crippen LogP contribution in [0.1, 0.15) is 0 Å². The van der Waals surface area contributed by atoms with E-state index in [1.54, 1.807) is 12.4 Å². The van der Waals surface area contributed by atoms with Gasteiger partial charge in [0.25, 0.3) is 0 Å². The van der Waals surface area contributed by atoms with Crippen molar-refractivity contribution >= 4 is 34.1 Å². The molecule has 1 aromatic rings. The Bertz CT molecular complexity index is 143. The van der Waals surface area contributed by atoms with Crippen LogP contribution in [-0.2, 0) is 15.5 Å². The van der Waals surface area contributed by atoms with Crippen LogP contribution in [0.5, 0.6) is 0 Å². The van der Waals surface area contributed by atoms with Crippen molar-refractivity contribution < 1.29 is 15.5 Å². The van der Waals surface area contributed by atoms with Crippen LogP contribution in [-0.4, -0.2) is 4.98 Å². The van der Waals surface area contributed by atoms with Gasteiger partial charge in [0.05, 0.1) is 0 Å². The predicted octanol–water partition coefficient (Wildman–Crippen LogP) is 3.84. The van der Waals surface area contributed by atoms with Crippen LogP contribution >= 0.6 is 34.1 Å². The first-order chi connectivity index (χ1) is 5.00. The van der Waals surface area contributed by atoms with Crippen molar-refractivity contribution in [1.29, 1.82) is 0 Å². The second kappa shape index (κ2) is 6.68. The van der Waals surface area contributed by atoms with E-state index < -0.39 is 15.5 Å². The van der Waals surface area contributed by atoms with Gasteiger partial charge >= 0.3 is 49.5 Å². The van der Waals surface area contributed by atoms with Gasteiger partial charge in [-0.3, -0.25) is 4.98 Å². The van der Waals surface area contributed by atoms with Crippen molar-refractivity contribution in [2.45, 2.75) is 0 Å². The van der Waals surface area contributed by atoms with E-state index in [9.17, 15) is 0 Å². The number of rotatable bonds is 0. The van der Waals surface area contributed by atoms with Gasteiger partial charge in [0.1, 0.15) is 0 Å². The summed E-state index contributed by atoms with van der Waals surface area (Å²) in [5.74, 6) is 0. The Balaban J connectivity index is 0.000000187. The van der Waals surface area contributed by atoms with Crippen LogP contribution in [0.4, 0.5) is 0 Å².